The summed E-state index contributed by atoms with van der Waals surface area (Å²) in [7, 11) is 0. The number of rotatable bonds is 1. The van der Waals surface area contributed by atoms with Gasteiger partial charge in [-0.3, -0.25) is 4.79 Å². The van der Waals surface area contributed by atoms with Gasteiger partial charge in [-0.2, -0.15) is 0 Å². The number of carbonyl (C=O) groups excluding carboxylic acids is 1. The van der Waals surface area contributed by atoms with Crippen molar-refractivity contribution in [2.24, 2.45) is 4.99 Å². The minimum atomic E-state index is -0.220. The Hall–Kier alpha value is -1.58. The number of carbonyl (C=O) groups is 1. The van der Waals surface area contributed by atoms with Crippen LogP contribution >= 0.6 is 0 Å². The van der Waals surface area contributed by atoms with Crippen molar-refractivity contribution in [2.75, 3.05) is 6.61 Å². The summed E-state index contributed by atoms with van der Waals surface area (Å²) in [4.78, 5) is 14.7. The largest absolute Gasteiger partial charge is 0.481 e. The molecule has 14 heavy (non-hydrogen) atoms. The summed E-state index contributed by atoms with van der Waals surface area (Å²) in [5, 5.41) is 2.52. The van der Waals surface area contributed by atoms with Crippen LogP contribution in [-0.4, -0.2) is 18.3 Å². The Morgan fingerprint density at radius 2 is 2.14 bits per heavy atom. The minimum absolute atomic E-state index is 0.00798. The van der Waals surface area contributed by atoms with Gasteiger partial charge in [-0.25, -0.2) is 4.99 Å². The normalized spacial score (nSPS) is 17.8. The van der Waals surface area contributed by atoms with E-state index >= 15 is 0 Å². The Kier molecular flexibility index (Phi) is 5.29. The van der Waals surface area contributed by atoms with Crippen molar-refractivity contribution in [3.05, 3.63) is 24.6 Å². The lowest BCUT2D eigenvalue weighted by Crippen LogP contribution is -2.40. The van der Waals surface area contributed by atoms with Gasteiger partial charge in [0.15, 0.2) is 18.2 Å². The summed E-state index contributed by atoms with van der Waals surface area (Å²) in [5.74, 6) is 0.499. The summed E-state index contributed by atoms with van der Waals surface area (Å²) in [6.07, 6.45) is 0. The molecule has 4 heteroatoms. The molecule has 1 rings (SSSR count). The predicted molar refractivity (Wildman–Crippen MR) is 56.8 cm³/mol. The first-order valence-electron chi connectivity index (χ1n) is 4.45. The highest BCUT2D eigenvalue weighted by atomic mass is 16.5. The lowest BCUT2D eigenvalue weighted by atomic mass is 10.4. The first-order valence-corrected chi connectivity index (χ1v) is 4.45. The molecule has 0 aliphatic carbocycles. The van der Waals surface area contributed by atoms with Gasteiger partial charge in [0.2, 0.25) is 0 Å². The topological polar surface area (TPSA) is 50.7 Å². The van der Waals surface area contributed by atoms with Crippen molar-refractivity contribution < 1.29 is 9.53 Å². The summed E-state index contributed by atoms with van der Waals surface area (Å²) in [5.41, 5.74) is 0.594. The zero-order valence-electron chi connectivity index (χ0n) is 8.89. The third-order valence-corrected chi connectivity index (χ3v) is 1.20. The molecule has 0 aromatic carbocycles. The van der Waals surface area contributed by atoms with E-state index < -0.39 is 0 Å². The number of morpholine rings is 1. The van der Waals surface area contributed by atoms with E-state index in [2.05, 4.69) is 23.5 Å². The molecule has 1 aliphatic rings. The van der Waals surface area contributed by atoms with Crippen LogP contribution in [0.5, 0.6) is 0 Å². The molecule has 1 amide bonds. The number of hydrogen-bond acceptors (Lipinski definition) is 3. The highest BCUT2D eigenvalue weighted by Crippen LogP contribution is 2.03. The van der Waals surface area contributed by atoms with Crippen LogP contribution in [0.3, 0.4) is 0 Å². The van der Waals surface area contributed by atoms with Crippen LogP contribution in [0.15, 0.2) is 29.6 Å². The Labute approximate surface area is 84.4 Å². The molecule has 1 aliphatic heterocycles. The summed E-state index contributed by atoms with van der Waals surface area (Å²) < 4.78 is 4.93. The Morgan fingerprint density at radius 3 is 2.64 bits per heavy atom. The number of aliphatic imine (C=N–C) groups is 1. The Morgan fingerprint density at radius 1 is 1.57 bits per heavy atom. The molecule has 0 atom stereocenters. The fourth-order valence-corrected chi connectivity index (χ4v) is 0.740. The standard InChI is InChI=1S/C8H10N2O2.C2H6/c1-5(2)9-8-6(3)12-4-7(11)10-8;1-2/h1,3-4H2,2H3,(H,9,10,11);1-2H3. The molecular weight excluding hydrogens is 180 g/mol. The third kappa shape index (κ3) is 3.89. The molecule has 78 valence electrons. The molecule has 0 bridgehead atoms. The van der Waals surface area contributed by atoms with Gasteiger partial charge in [-0.05, 0) is 6.92 Å². The van der Waals surface area contributed by atoms with Gasteiger partial charge in [0.05, 0.1) is 0 Å². The van der Waals surface area contributed by atoms with Crippen LogP contribution in [0.4, 0.5) is 0 Å². The van der Waals surface area contributed by atoms with E-state index in [-0.39, 0.29) is 12.5 Å². The van der Waals surface area contributed by atoms with Crippen molar-refractivity contribution in [2.45, 2.75) is 20.8 Å². The molecular formula is C10H16N2O2. The second-order valence-electron chi connectivity index (χ2n) is 2.46. The maximum atomic E-state index is 10.8. The fraction of sp³-hybridized carbons (Fsp3) is 0.400. The zero-order chi connectivity index (χ0) is 11.1. The van der Waals surface area contributed by atoms with E-state index in [4.69, 9.17) is 4.74 Å². The monoisotopic (exact) mass is 196 g/mol. The lowest BCUT2D eigenvalue weighted by molar-refractivity contribution is -0.123. The quantitative estimate of drug-likeness (QED) is 0.692. The maximum absolute atomic E-state index is 10.8. The lowest BCUT2D eigenvalue weighted by Gasteiger charge is -2.17. The van der Waals surface area contributed by atoms with Crippen LogP contribution in [0.2, 0.25) is 0 Å². The van der Waals surface area contributed by atoms with E-state index in [1.54, 1.807) is 6.92 Å². The number of nitrogens with zero attached hydrogens (tertiary/aromatic N) is 1. The number of nitrogens with one attached hydrogen (secondary N) is 1. The first kappa shape index (κ1) is 12.4. The minimum Gasteiger partial charge on any atom is -0.481 e. The first-order chi connectivity index (χ1) is 6.59. The molecule has 4 nitrogen and oxygen atoms in total. The van der Waals surface area contributed by atoms with Gasteiger partial charge in [0.1, 0.15) is 0 Å². The number of amidine groups is 1. The van der Waals surface area contributed by atoms with Gasteiger partial charge >= 0.3 is 0 Å². The van der Waals surface area contributed by atoms with Crippen LogP contribution in [0.25, 0.3) is 0 Å². The van der Waals surface area contributed by atoms with Gasteiger partial charge in [-0.15, -0.1) is 0 Å². The highest BCUT2D eigenvalue weighted by Gasteiger charge is 2.17. The number of ether oxygens (including phenoxy) is 1. The van der Waals surface area contributed by atoms with Crippen LogP contribution < -0.4 is 5.32 Å². The summed E-state index contributed by atoms with van der Waals surface area (Å²) in [6, 6.07) is 0. The molecule has 0 radical (unpaired) electrons. The predicted octanol–water partition coefficient (Wildman–Crippen LogP) is 1.60. The molecule has 0 unspecified atom stereocenters. The van der Waals surface area contributed by atoms with Crippen LogP contribution in [-0.2, 0) is 9.53 Å². The van der Waals surface area contributed by atoms with E-state index in [0.717, 1.165) is 0 Å². The number of amides is 1. The van der Waals surface area contributed by atoms with Crippen molar-refractivity contribution in [3.63, 3.8) is 0 Å². The van der Waals surface area contributed by atoms with Crippen molar-refractivity contribution in [1.29, 1.82) is 0 Å². The van der Waals surface area contributed by atoms with Crippen molar-refractivity contribution >= 4 is 11.7 Å². The second-order valence-corrected chi connectivity index (χ2v) is 2.46. The maximum Gasteiger partial charge on any atom is 0.263 e. The highest BCUT2D eigenvalue weighted by molar-refractivity contribution is 6.08. The molecule has 1 saturated heterocycles. The molecule has 0 spiro atoms. The van der Waals surface area contributed by atoms with Crippen molar-refractivity contribution in [3.8, 4) is 0 Å². The van der Waals surface area contributed by atoms with Crippen molar-refractivity contribution in [1.82, 2.24) is 5.32 Å². The summed E-state index contributed by atoms with van der Waals surface area (Å²) >= 11 is 0. The van der Waals surface area contributed by atoms with E-state index in [1.165, 1.54) is 0 Å². The molecule has 1 fully saturated rings. The average Bonchev–Trinajstić information content (AvgIpc) is 2.14. The average molecular weight is 196 g/mol. The zero-order valence-corrected chi connectivity index (χ0v) is 8.89. The molecule has 0 aromatic heterocycles. The smallest absolute Gasteiger partial charge is 0.263 e. The van der Waals surface area contributed by atoms with Gasteiger partial charge in [0, 0.05) is 5.70 Å². The second kappa shape index (κ2) is 5.96. The van der Waals surface area contributed by atoms with Crippen LogP contribution in [0.1, 0.15) is 20.8 Å². The van der Waals surface area contributed by atoms with Crippen LogP contribution in [0, 0.1) is 0 Å². The summed E-state index contributed by atoms with van der Waals surface area (Å²) in [6.45, 7) is 12.9. The Balaban J connectivity index is 0.000000791. The molecule has 1 heterocycles. The number of hydrogen-bond donors (Lipinski definition) is 1. The SMILES string of the molecule is C=C(C)N=C1NC(=O)COC1=C.CC. The van der Waals surface area contributed by atoms with Gasteiger partial charge in [0.25, 0.3) is 5.91 Å². The fourth-order valence-electron chi connectivity index (χ4n) is 0.740. The number of allylic oxidation sites excluding steroid dienone is 1. The molecule has 0 saturated carbocycles. The molecule has 0 aromatic rings. The van der Waals surface area contributed by atoms with Gasteiger partial charge < -0.3 is 10.1 Å². The third-order valence-electron chi connectivity index (χ3n) is 1.20. The van der Waals surface area contributed by atoms with E-state index in [9.17, 15) is 4.79 Å². The Bertz CT molecular complexity index is 280. The van der Waals surface area contributed by atoms with Gasteiger partial charge in [-0.1, -0.05) is 27.0 Å². The van der Waals surface area contributed by atoms with E-state index in [0.29, 0.717) is 17.3 Å². The molecule has 1 N–H and O–H groups in total. The van der Waals surface area contributed by atoms with E-state index in [1.807, 2.05) is 13.8 Å².